The van der Waals surface area contributed by atoms with Gasteiger partial charge in [-0.2, -0.15) is 0 Å². The number of phenolic OH excluding ortho intramolecular Hbond substituents is 2. The summed E-state index contributed by atoms with van der Waals surface area (Å²) < 4.78 is 0. The predicted molar refractivity (Wildman–Crippen MR) is 74.6 cm³/mol. The maximum Gasteiger partial charge on any atom is 0.261 e. The quantitative estimate of drug-likeness (QED) is 0.906. The van der Waals surface area contributed by atoms with Gasteiger partial charge < -0.3 is 15.1 Å². The van der Waals surface area contributed by atoms with Crippen molar-refractivity contribution in [1.82, 2.24) is 4.90 Å². The Morgan fingerprint density at radius 3 is 2.37 bits per heavy atom. The Morgan fingerprint density at radius 1 is 1.21 bits per heavy atom. The molecule has 2 aromatic rings. The second-order valence-electron chi connectivity index (χ2n) is 4.28. The van der Waals surface area contributed by atoms with Crippen molar-refractivity contribution in [3.05, 3.63) is 46.2 Å². The fraction of sp³-hybridized carbons (Fsp3) is 0.214. The molecule has 0 saturated carbocycles. The summed E-state index contributed by atoms with van der Waals surface area (Å²) in [6.45, 7) is 1.90. The highest BCUT2D eigenvalue weighted by Crippen LogP contribution is 2.31. The molecule has 5 heteroatoms. The number of benzene rings is 1. The van der Waals surface area contributed by atoms with Gasteiger partial charge in [0.1, 0.15) is 17.1 Å². The highest BCUT2D eigenvalue weighted by Gasteiger charge is 2.24. The molecule has 2 N–H and O–H groups in total. The highest BCUT2D eigenvalue weighted by atomic mass is 32.1. The molecule has 0 radical (unpaired) electrons. The number of rotatable bonds is 3. The molecule has 1 aromatic carbocycles. The zero-order valence-electron chi connectivity index (χ0n) is 10.7. The van der Waals surface area contributed by atoms with Crippen LogP contribution in [0.15, 0.2) is 35.7 Å². The fourth-order valence-corrected chi connectivity index (χ4v) is 2.65. The van der Waals surface area contributed by atoms with Gasteiger partial charge in [-0.15, -0.1) is 11.3 Å². The third-order valence-electron chi connectivity index (χ3n) is 3.09. The summed E-state index contributed by atoms with van der Waals surface area (Å²) in [5.41, 5.74) is -0.0617. The van der Waals surface area contributed by atoms with Crippen molar-refractivity contribution in [2.75, 3.05) is 7.05 Å². The Labute approximate surface area is 115 Å². The Kier molecular flexibility index (Phi) is 3.76. The summed E-state index contributed by atoms with van der Waals surface area (Å²) in [6.07, 6.45) is 0. The molecule has 19 heavy (non-hydrogen) atoms. The van der Waals surface area contributed by atoms with Crippen LogP contribution in [0.4, 0.5) is 0 Å². The minimum atomic E-state index is -0.406. The molecule has 0 spiro atoms. The molecule has 0 fully saturated rings. The van der Waals surface area contributed by atoms with Crippen molar-refractivity contribution < 1.29 is 15.0 Å². The summed E-state index contributed by atoms with van der Waals surface area (Å²) in [7, 11) is 1.65. The van der Waals surface area contributed by atoms with Crippen LogP contribution in [-0.2, 0) is 0 Å². The van der Waals surface area contributed by atoms with E-state index in [1.165, 1.54) is 23.1 Å². The number of nitrogens with zero attached hydrogens (tertiary/aromatic N) is 1. The maximum absolute atomic E-state index is 12.3. The molecule has 100 valence electrons. The average Bonchev–Trinajstić information content (AvgIpc) is 2.90. The van der Waals surface area contributed by atoms with Crippen molar-refractivity contribution in [1.29, 1.82) is 0 Å². The molecule has 0 aliphatic carbocycles. The Morgan fingerprint density at radius 2 is 1.84 bits per heavy atom. The highest BCUT2D eigenvalue weighted by molar-refractivity contribution is 7.10. The first-order chi connectivity index (χ1) is 9.02. The van der Waals surface area contributed by atoms with E-state index in [2.05, 4.69) is 0 Å². The molecule has 4 nitrogen and oxygen atoms in total. The smallest absolute Gasteiger partial charge is 0.261 e. The van der Waals surface area contributed by atoms with Gasteiger partial charge in [0.2, 0.25) is 0 Å². The molecular formula is C14H15NO3S. The average molecular weight is 277 g/mol. The maximum atomic E-state index is 12.3. The van der Waals surface area contributed by atoms with Crippen LogP contribution < -0.4 is 0 Å². The van der Waals surface area contributed by atoms with Crippen LogP contribution in [-0.4, -0.2) is 28.1 Å². The Bertz CT molecular complexity index is 560. The second-order valence-corrected chi connectivity index (χ2v) is 5.26. The van der Waals surface area contributed by atoms with Crippen molar-refractivity contribution >= 4 is 17.2 Å². The van der Waals surface area contributed by atoms with Gasteiger partial charge in [0, 0.05) is 11.9 Å². The molecule has 1 heterocycles. The standard InChI is InChI=1S/C14H15NO3S/c1-9(12-7-4-8-19-12)15(2)14(18)13-10(16)5-3-6-11(13)17/h3-9,16-17H,1-2H3. The molecule has 1 atom stereocenters. The second kappa shape index (κ2) is 5.32. The van der Waals surface area contributed by atoms with Crippen molar-refractivity contribution in [3.8, 4) is 11.5 Å². The van der Waals surface area contributed by atoms with Crippen LogP contribution in [0.3, 0.4) is 0 Å². The van der Waals surface area contributed by atoms with E-state index in [0.717, 1.165) is 4.88 Å². The molecule has 1 amide bonds. The zero-order chi connectivity index (χ0) is 14.0. The Balaban J connectivity index is 2.29. The van der Waals surface area contributed by atoms with Gasteiger partial charge in [0.15, 0.2) is 0 Å². The normalized spacial score (nSPS) is 12.1. The molecule has 0 aliphatic rings. The molecule has 0 aliphatic heterocycles. The first kappa shape index (κ1) is 13.4. The Hall–Kier alpha value is -2.01. The minimum absolute atomic E-state index is 0.0617. The monoisotopic (exact) mass is 277 g/mol. The lowest BCUT2D eigenvalue weighted by atomic mass is 10.1. The summed E-state index contributed by atoms with van der Waals surface area (Å²) in [6, 6.07) is 8.01. The van der Waals surface area contributed by atoms with E-state index < -0.39 is 5.91 Å². The SMILES string of the molecule is CC(c1cccs1)N(C)C(=O)c1c(O)cccc1O. The fourth-order valence-electron chi connectivity index (χ4n) is 1.82. The van der Waals surface area contributed by atoms with Crippen molar-refractivity contribution in [2.45, 2.75) is 13.0 Å². The van der Waals surface area contributed by atoms with E-state index in [-0.39, 0.29) is 23.1 Å². The van der Waals surface area contributed by atoms with Gasteiger partial charge in [0.05, 0.1) is 6.04 Å². The van der Waals surface area contributed by atoms with Crippen LogP contribution in [0.25, 0.3) is 0 Å². The molecule has 1 unspecified atom stereocenters. The number of phenols is 2. The number of carbonyl (C=O) groups excluding carboxylic acids is 1. The number of hydrogen-bond acceptors (Lipinski definition) is 4. The summed E-state index contributed by atoms with van der Waals surface area (Å²) >= 11 is 1.56. The molecular weight excluding hydrogens is 262 g/mol. The number of carbonyl (C=O) groups is 1. The van der Waals surface area contributed by atoms with E-state index in [1.54, 1.807) is 18.4 Å². The van der Waals surface area contributed by atoms with Crippen LogP contribution in [0.5, 0.6) is 11.5 Å². The molecule has 2 rings (SSSR count). The van der Waals surface area contributed by atoms with Gasteiger partial charge in [-0.05, 0) is 30.5 Å². The minimum Gasteiger partial charge on any atom is -0.507 e. The first-order valence-electron chi connectivity index (χ1n) is 5.84. The third kappa shape index (κ3) is 2.56. The van der Waals surface area contributed by atoms with Gasteiger partial charge in [-0.3, -0.25) is 4.79 Å². The van der Waals surface area contributed by atoms with E-state index in [0.29, 0.717) is 0 Å². The van der Waals surface area contributed by atoms with Gasteiger partial charge >= 0.3 is 0 Å². The first-order valence-corrected chi connectivity index (χ1v) is 6.72. The number of amides is 1. The van der Waals surface area contributed by atoms with E-state index in [1.807, 2.05) is 24.4 Å². The lowest BCUT2D eigenvalue weighted by Gasteiger charge is -2.24. The summed E-state index contributed by atoms with van der Waals surface area (Å²) in [5, 5.41) is 21.4. The van der Waals surface area contributed by atoms with E-state index in [9.17, 15) is 15.0 Å². The van der Waals surface area contributed by atoms with E-state index >= 15 is 0 Å². The van der Waals surface area contributed by atoms with Crippen molar-refractivity contribution in [2.24, 2.45) is 0 Å². The van der Waals surface area contributed by atoms with Crippen LogP contribution >= 0.6 is 11.3 Å². The lowest BCUT2D eigenvalue weighted by Crippen LogP contribution is -2.29. The molecule has 1 aromatic heterocycles. The number of aromatic hydroxyl groups is 2. The van der Waals surface area contributed by atoms with Gasteiger partial charge in [0.25, 0.3) is 5.91 Å². The van der Waals surface area contributed by atoms with Crippen LogP contribution in [0.2, 0.25) is 0 Å². The van der Waals surface area contributed by atoms with Crippen LogP contribution in [0.1, 0.15) is 28.2 Å². The van der Waals surface area contributed by atoms with E-state index in [4.69, 9.17) is 0 Å². The third-order valence-corrected chi connectivity index (χ3v) is 4.13. The van der Waals surface area contributed by atoms with Crippen LogP contribution in [0, 0.1) is 0 Å². The summed E-state index contributed by atoms with van der Waals surface area (Å²) in [4.78, 5) is 14.9. The predicted octanol–water partition coefficient (Wildman–Crippen LogP) is 2.99. The number of thiophene rings is 1. The van der Waals surface area contributed by atoms with Gasteiger partial charge in [-0.25, -0.2) is 0 Å². The van der Waals surface area contributed by atoms with Crippen molar-refractivity contribution in [3.63, 3.8) is 0 Å². The summed E-state index contributed by atoms with van der Waals surface area (Å²) in [5.74, 6) is -0.832. The topological polar surface area (TPSA) is 60.8 Å². The molecule has 0 saturated heterocycles. The van der Waals surface area contributed by atoms with Gasteiger partial charge in [-0.1, -0.05) is 12.1 Å². The molecule has 0 bridgehead atoms. The number of hydrogen-bond donors (Lipinski definition) is 2. The lowest BCUT2D eigenvalue weighted by molar-refractivity contribution is 0.0738. The largest absolute Gasteiger partial charge is 0.507 e. The zero-order valence-corrected chi connectivity index (χ0v) is 11.5.